The van der Waals surface area contributed by atoms with Crippen molar-refractivity contribution in [2.24, 2.45) is 0 Å². The standard InChI is InChI=1S/C10H10ClNO2/c11-7-4-10-9(13-5-14-10)3-6(7)8-1-2-12-8/h3-4,8,12H,1-2,5H2/t8-/m1/s1. The summed E-state index contributed by atoms with van der Waals surface area (Å²) < 4.78 is 10.5. The van der Waals surface area contributed by atoms with E-state index in [2.05, 4.69) is 5.32 Å². The summed E-state index contributed by atoms with van der Waals surface area (Å²) in [6.07, 6.45) is 1.14. The number of ether oxygens (including phenoxy) is 2. The Kier molecular flexibility index (Phi) is 1.82. The molecule has 0 aliphatic carbocycles. The first kappa shape index (κ1) is 8.38. The van der Waals surface area contributed by atoms with E-state index >= 15 is 0 Å². The Morgan fingerprint density at radius 1 is 1.29 bits per heavy atom. The number of benzene rings is 1. The molecule has 0 saturated carbocycles. The Bertz CT molecular complexity index is 377. The van der Waals surface area contributed by atoms with Crippen molar-refractivity contribution in [1.82, 2.24) is 5.32 Å². The average Bonchev–Trinajstić information content (AvgIpc) is 2.48. The molecule has 2 heterocycles. The van der Waals surface area contributed by atoms with E-state index in [4.69, 9.17) is 21.1 Å². The molecule has 14 heavy (non-hydrogen) atoms. The zero-order chi connectivity index (χ0) is 9.54. The highest BCUT2D eigenvalue weighted by Crippen LogP contribution is 2.40. The Hall–Kier alpha value is -0.930. The van der Waals surface area contributed by atoms with Gasteiger partial charge in [-0.3, -0.25) is 0 Å². The topological polar surface area (TPSA) is 30.5 Å². The van der Waals surface area contributed by atoms with Gasteiger partial charge >= 0.3 is 0 Å². The maximum atomic E-state index is 6.14. The molecule has 1 N–H and O–H groups in total. The molecule has 4 heteroatoms. The van der Waals surface area contributed by atoms with Gasteiger partial charge in [-0.2, -0.15) is 0 Å². The van der Waals surface area contributed by atoms with Gasteiger partial charge in [0.25, 0.3) is 0 Å². The van der Waals surface area contributed by atoms with Crippen LogP contribution in [-0.4, -0.2) is 13.3 Å². The lowest BCUT2D eigenvalue weighted by atomic mass is 9.97. The van der Waals surface area contributed by atoms with Crippen molar-refractivity contribution in [2.75, 3.05) is 13.3 Å². The minimum atomic E-state index is 0.299. The first-order valence-electron chi connectivity index (χ1n) is 4.67. The van der Waals surface area contributed by atoms with Gasteiger partial charge in [-0.1, -0.05) is 11.6 Å². The molecule has 1 fully saturated rings. The second-order valence-electron chi connectivity index (χ2n) is 3.52. The quantitative estimate of drug-likeness (QED) is 0.772. The van der Waals surface area contributed by atoms with E-state index in [1.807, 2.05) is 12.1 Å². The first-order valence-corrected chi connectivity index (χ1v) is 5.05. The van der Waals surface area contributed by atoms with Gasteiger partial charge in [0.05, 0.1) is 0 Å². The van der Waals surface area contributed by atoms with Crippen molar-refractivity contribution >= 4 is 11.6 Å². The molecule has 0 bridgehead atoms. The van der Waals surface area contributed by atoms with Crippen LogP contribution in [0.2, 0.25) is 5.02 Å². The Labute approximate surface area is 87.0 Å². The summed E-state index contributed by atoms with van der Waals surface area (Å²) in [6.45, 7) is 1.36. The van der Waals surface area contributed by atoms with Crippen LogP contribution in [-0.2, 0) is 0 Å². The summed E-state index contributed by atoms with van der Waals surface area (Å²) in [4.78, 5) is 0. The SMILES string of the molecule is Clc1cc2c(cc1[C@H]1CCN1)OCO2. The van der Waals surface area contributed by atoms with Crippen LogP contribution in [0.1, 0.15) is 18.0 Å². The zero-order valence-electron chi connectivity index (χ0n) is 7.55. The van der Waals surface area contributed by atoms with Gasteiger partial charge in [-0.25, -0.2) is 0 Å². The normalized spacial score (nSPS) is 23.4. The minimum Gasteiger partial charge on any atom is -0.454 e. The van der Waals surface area contributed by atoms with Crippen molar-refractivity contribution in [3.8, 4) is 11.5 Å². The van der Waals surface area contributed by atoms with E-state index in [-0.39, 0.29) is 0 Å². The fourth-order valence-electron chi connectivity index (χ4n) is 1.75. The van der Waals surface area contributed by atoms with Crippen LogP contribution in [0.15, 0.2) is 12.1 Å². The monoisotopic (exact) mass is 211 g/mol. The van der Waals surface area contributed by atoms with Crippen molar-refractivity contribution in [1.29, 1.82) is 0 Å². The van der Waals surface area contributed by atoms with Crippen LogP contribution in [0.25, 0.3) is 0 Å². The molecular weight excluding hydrogens is 202 g/mol. The molecule has 1 atom stereocenters. The van der Waals surface area contributed by atoms with Crippen molar-refractivity contribution in [2.45, 2.75) is 12.5 Å². The summed E-state index contributed by atoms with van der Waals surface area (Å²) in [6, 6.07) is 4.19. The molecule has 3 nitrogen and oxygen atoms in total. The molecule has 0 aromatic heterocycles. The van der Waals surface area contributed by atoms with Gasteiger partial charge < -0.3 is 14.8 Å². The molecule has 3 rings (SSSR count). The molecule has 74 valence electrons. The van der Waals surface area contributed by atoms with Crippen molar-refractivity contribution in [3.63, 3.8) is 0 Å². The zero-order valence-corrected chi connectivity index (χ0v) is 8.30. The summed E-state index contributed by atoms with van der Waals surface area (Å²) in [7, 11) is 0. The van der Waals surface area contributed by atoms with Crippen LogP contribution in [0.4, 0.5) is 0 Å². The number of rotatable bonds is 1. The van der Waals surface area contributed by atoms with Gasteiger partial charge in [0.15, 0.2) is 11.5 Å². The highest BCUT2D eigenvalue weighted by atomic mass is 35.5. The largest absolute Gasteiger partial charge is 0.454 e. The summed E-state index contributed by atoms with van der Waals surface area (Å²) >= 11 is 6.14. The van der Waals surface area contributed by atoms with E-state index in [9.17, 15) is 0 Å². The number of hydrogen-bond acceptors (Lipinski definition) is 3. The molecule has 2 aliphatic heterocycles. The lowest BCUT2D eigenvalue weighted by molar-refractivity contribution is 0.174. The van der Waals surface area contributed by atoms with Crippen molar-refractivity contribution < 1.29 is 9.47 Å². The second kappa shape index (κ2) is 3.04. The van der Waals surface area contributed by atoms with Crippen LogP contribution < -0.4 is 14.8 Å². The van der Waals surface area contributed by atoms with Gasteiger partial charge in [-0.15, -0.1) is 0 Å². The third kappa shape index (κ3) is 1.16. The summed E-state index contributed by atoms with van der Waals surface area (Å²) in [5.41, 5.74) is 1.11. The number of halogens is 1. The second-order valence-corrected chi connectivity index (χ2v) is 3.93. The molecule has 1 saturated heterocycles. The fraction of sp³-hybridized carbons (Fsp3) is 0.400. The predicted molar refractivity (Wildman–Crippen MR) is 52.9 cm³/mol. The molecule has 1 aromatic rings. The van der Waals surface area contributed by atoms with Gasteiger partial charge in [0, 0.05) is 17.1 Å². The molecule has 0 amide bonds. The predicted octanol–water partition coefficient (Wildman–Crippen LogP) is 2.10. The highest BCUT2D eigenvalue weighted by molar-refractivity contribution is 6.31. The molecule has 2 aliphatic rings. The summed E-state index contributed by atoms with van der Waals surface area (Å²) in [5, 5.41) is 4.07. The van der Waals surface area contributed by atoms with Crippen LogP contribution in [0, 0.1) is 0 Å². The van der Waals surface area contributed by atoms with Gasteiger partial charge in [0.1, 0.15) is 0 Å². The van der Waals surface area contributed by atoms with Crippen LogP contribution in [0.3, 0.4) is 0 Å². The average molecular weight is 212 g/mol. The Morgan fingerprint density at radius 2 is 2.00 bits per heavy atom. The maximum absolute atomic E-state index is 6.14. The fourth-order valence-corrected chi connectivity index (χ4v) is 2.04. The number of fused-ring (bicyclic) bond motifs is 1. The van der Waals surface area contributed by atoms with Crippen LogP contribution >= 0.6 is 11.6 Å². The maximum Gasteiger partial charge on any atom is 0.231 e. The van der Waals surface area contributed by atoms with E-state index in [1.54, 1.807) is 0 Å². The lowest BCUT2D eigenvalue weighted by Crippen LogP contribution is -2.35. The van der Waals surface area contributed by atoms with E-state index in [0.717, 1.165) is 35.1 Å². The van der Waals surface area contributed by atoms with Gasteiger partial charge in [-0.05, 0) is 24.6 Å². The third-order valence-corrected chi connectivity index (χ3v) is 3.02. The van der Waals surface area contributed by atoms with Crippen molar-refractivity contribution in [3.05, 3.63) is 22.7 Å². The molecule has 0 radical (unpaired) electrons. The molecule has 0 spiro atoms. The van der Waals surface area contributed by atoms with Crippen LogP contribution in [0.5, 0.6) is 11.5 Å². The Balaban J connectivity index is 2.03. The molecule has 0 unspecified atom stereocenters. The van der Waals surface area contributed by atoms with Gasteiger partial charge in [0.2, 0.25) is 6.79 Å². The molecule has 1 aromatic carbocycles. The minimum absolute atomic E-state index is 0.299. The van der Waals surface area contributed by atoms with E-state index < -0.39 is 0 Å². The van der Waals surface area contributed by atoms with E-state index in [0.29, 0.717) is 12.8 Å². The third-order valence-electron chi connectivity index (χ3n) is 2.69. The smallest absolute Gasteiger partial charge is 0.231 e. The number of nitrogens with one attached hydrogen (secondary N) is 1. The first-order chi connectivity index (χ1) is 6.84. The van der Waals surface area contributed by atoms with E-state index in [1.165, 1.54) is 0 Å². The number of hydrogen-bond donors (Lipinski definition) is 1. The molecular formula is C10H10ClNO2. The summed E-state index contributed by atoms with van der Waals surface area (Å²) in [5.74, 6) is 1.55. The lowest BCUT2D eigenvalue weighted by Gasteiger charge is -2.28. The highest BCUT2D eigenvalue weighted by Gasteiger charge is 2.24. The Morgan fingerprint density at radius 3 is 2.64 bits per heavy atom.